The topological polar surface area (TPSA) is 132 Å². The standard InChI is InChI=1S/C21H24FN5O5/c1-12(28)21(30,31)25-20(29)15-11-23-27-9-7-18(24-19(15)27)26-8-3-4-16(26)14-10-13(22)5-6-17(14)32-2/h5-7,9-12,16,28,30-31H,3-4,8H2,1-2H3,(H,25,29)/t12-,16+/m0/s1. The number of halogens is 1. The van der Waals surface area contributed by atoms with E-state index in [0.29, 0.717) is 23.7 Å². The summed E-state index contributed by atoms with van der Waals surface area (Å²) in [5.74, 6) is -2.90. The lowest BCUT2D eigenvalue weighted by atomic mass is 10.0. The van der Waals surface area contributed by atoms with Gasteiger partial charge in [-0.25, -0.2) is 13.9 Å². The van der Waals surface area contributed by atoms with Gasteiger partial charge in [-0.15, -0.1) is 0 Å². The number of hydrogen-bond acceptors (Lipinski definition) is 8. The fraction of sp³-hybridized carbons (Fsp3) is 0.381. The molecule has 170 valence electrons. The van der Waals surface area contributed by atoms with Crippen LogP contribution in [0.2, 0.25) is 0 Å². The normalized spacial score (nSPS) is 17.6. The monoisotopic (exact) mass is 445 g/mol. The SMILES string of the molecule is COc1ccc(F)cc1[C@H]1CCCN1c1ccn2ncc(C(=O)NC(O)(O)[C@H](C)O)c2n1. The van der Waals surface area contributed by atoms with E-state index in [0.717, 1.165) is 19.8 Å². The Morgan fingerprint density at radius 2 is 2.16 bits per heavy atom. The van der Waals surface area contributed by atoms with Gasteiger partial charge in [0.25, 0.3) is 11.8 Å². The van der Waals surface area contributed by atoms with Crippen molar-refractivity contribution in [3.05, 3.63) is 53.6 Å². The first kappa shape index (κ1) is 21.9. The molecule has 0 radical (unpaired) electrons. The largest absolute Gasteiger partial charge is 0.496 e. The molecule has 4 N–H and O–H groups in total. The number of anilines is 1. The highest BCUT2D eigenvalue weighted by molar-refractivity contribution is 6.00. The lowest BCUT2D eigenvalue weighted by Gasteiger charge is -2.27. The smallest absolute Gasteiger partial charge is 0.273 e. The van der Waals surface area contributed by atoms with Gasteiger partial charge in [-0.2, -0.15) is 5.10 Å². The summed E-state index contributed by atoms with van der Waals surface area (Å²) in [5.41, 5.74) is 0.901. The lowest BCUT2D eigenvalue weighted by molar-refractivity contribution is -0.232. The van der Waals surface area contributed by atoms with Gasteiger partial charge in [0.15, 0.2) is 5.65 Å². The second-order valence-corrected chi connectivity index (χ2v) is 7.71. The molecule has 0 saturated carbocycles. The summed E-state index contributed by atoms with van der Waals surface area (Å²) in [7, 11) is 1.53. The zero-order valence-electron chi connectivity index (χ0n) is 17.6. The van der Waals surface area contributed by atoms with Crippen LogP contribution in [0.3, 0.4) is 0 Å². The molecule has 2 atom stereocenters. The van der Waals surface area contributed by atoms with Crippen molar-refractivity contribution in [2.75, 3.05) is 18.6 Å². The molecular formula is C21H24FN5O5. The van der Waals surface area contributed by atoms with Gasteiger partial charge in [-0.1, -0.05) is 0 Å². The molecule has 2 aromatic heterocycles. The summed E-state index contributed by atoms with van der Waals surface area (Å²) in [6, 6.07) is 5.96. The number of hydrogen-bond donors (Lipinski definition) is 4. The summed E-state index contributed by atoms with van der Waals surface area (Å²) in [6.45, 7) is 1.79. The van der Waals surface area contributed by atoms with E-state index < -0.39 is 17.9 Å². The molecule has 11 heteroatoms. The Morgan fingerprint density at radius 1 is 1.38 bits per heavy atom. The summed E-state index contributed by atoms with van der Waals surface area (Å²) in [5, 5.41) is 35.0. The number of aromatic nitrogens is 3. The Hall–Kier alpha value is -3.28. The Morgan fingerprint density at radius 3 is 2.88 bits per heavy atom. The number of carbonyl (C=O) groups excluding carboxylic acids is 1. The quantitative estimate of drug-likeness (QED) is 0.413. The predicted molar refractivity (Wildman–Crippen MR) is 112 cm³/mol. The molecule has 10 nitrogen and oxygen atoms in total. The summed E-state index contributed by atoms with van der Waals surface area (Å²) in [6.07, 6.45) is 2.88. The second-order valence-electron chi connectivity index (χ2n) is 7.71. The zero-order chi connectivity index (χ0) is 23.0. The number of fused-ring (bicyclic) bond motifs is 1. The van der Waals surface area contributed by atoms with Crippen LogP contribution in [0, 0.1) is 5.82 Å². The third-order valence-corrected chi connectivity index (χ3v) is 5.58. The van der Waals surface area contributed by atoms with Gasteiger partial charge in [0.1, 0.15) is 29.1 Å². The van der Waals surface area contributed by atoms with Crippen LogP contribution >= 0.6 is 0 Å². The van der Waals surface area contributed by atoms with Crippen LogP contribution in [0.4, 0.5) is 10.2 Å². The third-order valence-electron chi connectivity index (χ3n) is 5.58. The maximum absolute atomic E-state index is 14.0. The van der Waals surface area contributed by atoms with Gasteiger partial charge in [0.2, 0.25) is 0 Å². The minimum Gasteiger partial charge on any atom is -0.496 e. The van der Waals surface area contributed by atoms with Gasteiger partial charge in [-0.3, -0.25) is 10.1 Å². The summed E-state index contributed by atoms with van der Waals surface area (Å²) < 4.78 is 20.8. The first-order valence-corrected chi connectivity index (χ1v) is 10.1. The number of carbonyl (C=O) groups is 1. The molecule has 4 rings (SSSR count). The molecule has 1 amide bonds. The number of nitrogens with zero attached hydrogens (tertiary/aromatic N) is 4. The maximum atomic E-state index is 14.0. The van der Waals surface area contributed by atoms with E-state index in [2.05, 4.69) is 10.1 Å². The van der Waals surface area contributed by atoms with E-state index in [9.17, 15) is 24.5 Å². The van der Waals surface area contributed by atoms with Crippen molar-refractivity contribution in [1.82, 2.24) is 19.9 Å². The first-order valence-electron chi connectivity index (χ1n) is 10.1. The number of benzene rings is 1. The van der Waals surface area contributed by atoms with E-state index in [-0.39, 0.29) is 23.1 Å². The van der Waals surface area contributed by atoms with Gasteiger partial charge in [0.05, 0.1) is 19.3 Å². The Kier molecular flexibility index (Phi) is 5.71. The second kappa shape index (κ2) is 8.34. The van der Waals surface area contributed by atoms with Crippen LogP contribution in [0.1, 0.15) is 41.7 Å². The average Bonchev–Trinajstić information content (AvgIpc) is 3.40. The summed E-state index contributed by atoms with van der Waals surface area (Å²) >= 11 is 0. The van der Waals surface area contributed by atoms with Crippen molar-refractivity contribution in [3.8, 4) is 5.75 Å². The number of amides is 1. The molecular weight excluding hydrogens is 421 g/mol. The summed E-state index contributed by atoms with van der Waals surface area (Å²) in [4.78, 5) is 19.1. The van der Waals surface area contributed by atoms with Crippen LogP contribution < -0.4 is 15.0 Å². The minimum absolute atomic E-state index is 0.000872. The van der Waals surface area contributed by atoms with Crippen LogP contribution in [-0.2, 0) is 0 Å². The van der Waals surface area contributed by atoms with Crippen LogP contribution in [0.5, 0.6) is 5.75 Å². The lowest BCUT2D eigenvalue weighted by Crippen LogP contribution is -2.55. The van der Waals surface area contributed by atoms with Crippen LogP contribution in [-0.4, -0.2) is 61.5 Å². The Labute approximate surface area is 182 Å². The van der Waals surface area contributed by atoms with Crippen molar-refractivity contribution >= 4 is 17.4 Å². The van der Waals surface area contributed by atoms with Crippen LogP contribution in [0.15, 0.2) is 36.7 Å². The predicted octanol–water partition coefficient (Wildman–Crippen LogP) is 0.967. The number of ether oxygens (including phenoxy) is 1. The molecule has 0 bridgehead atoms. The minimum atomic E-state index is -2.81. The van der Waals surface area contributed by atoms with Crippen molar-refractivity contribution in [3.63, 3.8) is 0 Å². The van der Waals surface area contributed by atoms with Crippen molar-refractivity contribution in [2.45, 2.75) is 37.8 Å². The zero-order valence-corrected chi connectivity index (χ0v) is 17.6. The highest BCUT2D eigenvalue weighted by Crippen LogP contribution is 2.39. The number of rotatable bonds is 6. The molecule has 1 aliphatic heterocycles. The van der Waals surface area contributed by atoms with Gasteiger partial charge in [0, 0.05) is 18.3 Å². The van der Waals surface area contributed by atoms with Crippen LogP contribution in [0.25, 0.3) is 5.65 Å². The van der Waals surface area contributed by atoms with Gasteiger partial charge >= 0.3 is 0 Å². The molecule has 1 aliphatic rings. The third kappa shape index (κ3) is 3.97. The molecule has 0 aliphatic carbocycles. The van der Waals surface area contributed by atoms with Crippen molar-refractivity contribution < 1.29 is 29.2 Å². The number of nitrogens with one attached hydrogen (secondary N) is 1. The Balaban J connectivity index is 1.69. The fourth-order valence-corrected chi connectivity index (χ4v) is 3.85. The van der Waals surface area contributed by atoms with Crippen molar-refractivity contribution in [1.29, 1.82) is 0 Å². The average molecular weight is 445 g/mol. The van der Waals surface area contributed by atoms with E-state index in [1.54, 1.807) is 18.3 Å². The number of methoxy groups -OCH3 is 1. The van der Waals surface area contributed by atoms with E-state index >= 15 is 0 Å². The molecule has 0 spiro atoms. The molecule has 0 unspecified atom stereocenters. The fourth-order valence-electron chi connectivity index (χ4n) is 3.85. The number of aliphatic hydroxyl groups excluding tert-OH is 1. The van der Waals surface area contributed by atoms with Crippen molar-refractivity contribution in [2.24, 2.45) is 0 Å². The first-order chi connectivity index (χ1) is 15.2. The van der Waals surface area contributed by atoms with Gasteiger partial charge < -0.3 is 25.0 Å². The highest BCUT2D eigenvalue weighted by atomic mass is 19.1. The maximum Gasteiger partial charge on any atom is 0.273 e. The number of aliphatic hydroxyl groups is 3. The van der Waals surface area contributed by atoms with E-state index in [4.69, 9.17) is 4.74 Å². The molecule has 32 heavy (non-hydrogen) atoms. The molecule has 1 saturated heterocycles. The van der Waals surface area contributed by atoms with E-state index in [1.807, 2.05) is 10.2 Å². The highest BCUT2D eigenvalue weighted by Gasteiger charge is 2.34. The molecule has 3 heterocycles. The molecule has 1 aromatic carbocycles. The van der Waals surface area contributed by atoms with Gasteiger partial charge in [-0.05, 0) is 44.0 Å². The van der Waals surface area contributed by atoms with E-state index in [1.165, 1.54) is 30.0 Å². The molecule has 1 fully saturated rings. The Bertz CT molecular complexity index is 1150. The molecule has 3 aromatic rings.